The smallest absolute Gasteiger partial charge is 0.349 e. The topological polar surface area (TPSA) is 77.1 Å². The number of aromatic nitrogens is 2. The minimum absolute atomic E-state index is 0.0538. The van der Waals surface area contributed by atoms with E-state index < -0.39 is 11.5 Å². The molecule has 29 heavy (non-hydrogen) atoms. The maximum atomic E-state index is 13.0. The maximum Gasteiger partial charge on any atom is 0.349 e. The van der Waals surface area contributed by atoms with E-state index in [4.69, 9.17) is 16.0 Å². The predicted octanol–water partition coefficient (Wildman–Crippen LogP) is 4.63. The average molecular weight is 424 g/mol. The van der Waals surface area contributed by atoms with Crippen molar-refractivity contribution in [2.24, 2.45) is 0 Å². The van der Waals surface area contributed by atoms with Crippen LogP contribution < -0.4 is 10.9 Å². The summed E-state index contributed by atoms with van der Waals surface area (Å²) < 4.78 is 6.96. The number of anilines is 1. The summed E-state index contributed by atoms with van der Waals surface area (Å²) in [4.78, 5) is 25.3. The third-order valence-corrected chi connectivity index (χ3v) is 5.93. The first kappa shape index (κ1) is 18.0. The summed E-state index contributed by atoms with van der Waals surface area (Å²) in [6.07, 6.45) is 0. The summed E-state index contributed by atoms with van der Waals surface area (Å²) in [5.74, 6) is 1.51. The number of amides is 1. The Morgan fingerprint density at radius 2 is 2.00 bits per heavy atom. The van der Waals surface area contributed by atoms with Crippen molar-refractivity contribution in [2.75, 3.05) is 5.32 Å². The number of nitrogens with zero attached hydrogens (tertiary/aromatic N) is 2. The number of carbonyl (C=O) groups excluding carboxylic acids is 1. The summed E-state index contributed by atoms with van der Waals surface area (Å²) in [6, 6.07) is 15.9. The lowest BCUT2D eigenvalue weighted by Crippen LogP contribution is -2.22. The highest BCUT2D eigenvalue weighted by Crippen LogP contribution is 2.36. The number of nitrogens with one attached hydrogen (secondary N) is 1. The Balaban J connectivity index is 1.58. The molecule has 0 spiro atoms. The second-order valence-electron chi connectivity index (χ2n) is 6.60. The third kappa shape index (κ3) is 3.22. The van der Waals surface area contributed by atoms with E-state index in [1.807, 2.05) is 18.2 Å². The monoisotopic (exact) mass is 423 g/mol. The Labute approximate surface area is 174 Å². The summed E-state index contributed by atoms with van der Waals surface area (Å²) >= 11 is 7.86. The molecule has 0 radical (unpaired) electrons. The minimum atomic E-state index is -0.680. The highest BCUT2D eigenvalue weighted by molar-refractivity contribution is 7.98. The van der Waals surface area contributed by atoms with E-state index in [-0.39, 0.29) is 5.56 Å². The van der Waals surface area contributed by atoms with E-state index in [1.54, 1.807) is 52.8 Å². The summed E-state index contributed by atoms with van der Waals surface area (Å²) in [5, 5.41) is 8.77. The van der Waals surface area contributed by atoms with Gasteiger partial charge in [-0.05, 0) is 30.3 Å². The number of hydrogen-bond acceptors (Lipinski definition) is 5. The van der Waals surface area contributed by atoms with Crippen LogP contribution in [0.4, 0.5) is 5.82 Å². The third-order valence-electron chi connectivity index (χ3n) is 4.72. The van der Waals surface area contributed by atoms with Crippen molar-refractivity contribution in [3.8, 4) is 5.69 Å². The first-order chi connectivity index (χ1) is 14.1. The molecule has 0 aliphatic carbocycles. The molecule has 5 rings (SSSR count). The summed E-state index contributed by atoms with van der Waals surface area (Å²) in [5.41, 5.74) is 2.31. The Morgan fingerprint density at radius 1 is 1.14 bits per heavy atom. The van der Waals surface area contributed by atoms with Crippen molar-refractivity contribution in [3.05, 3.63) is 86.9 Å². The zero-order valence-corrected chi connectivity index (χ0v) is 16.6. The van der Waals surface area contributed by atoms with Crippen LogP contribution in [0, 0.1) is 0 Å². The molecule has 2 aromatic carbocycles. The van der Waals surface area contributed by atoms with Gasteiger partial charge in [0.05, 0.1) is 11.4 Å². The standard InChI is InChI=1S/C21H14ClN3O3S/c22-13-5-3-6-14(9-13)25-19(16-10-29-11-17(16)24-25)23-20(26)15-8-12-4-1-2-7-18(12)28-21(15)27/h1-9H,10-11H2,(H,23,26). The second kappa shape index (κ2) is 7.09. The molecule has 4 aromatic rings. The molecule has 2 aromatic heterocycles. The minimum Gasteiger partial charge on any atom is -0.422 e. The number of para-hydroxylation sites is 1. The molecule has 6 nitrogen and oxygen atoms in total. The normalized spacial score (nSPS) is 12.9. The Bertz CT molecular complexity index is 1330. The molecule has 0 unspecified atom stereocenters. The molecule has 0 bridgehead atoms. The van der Waals surface area contributed by atoms with E-state index in [9.17, 15) is 9.59 Å². The van der Waals surface area contributed by atoms with Crippen LogP contribution in [0.2, 0.25) is 5.02 Å². The van der Waals surface area contributed by atoms with Gasteiger partial charge in [0.15, 0.2) is 0 Å². The van der Waals surface area contributed by atoms with E-state index >= 15 is 0 Å². The molecular weight excluding hydrogens is 410 g/mol. The quantitative estimate of drug-likeness (QED) is 0.486. The molecule has 1 aliphatic rings. The fourth-order valence-corrected chi connectivity index (χ4v) is 4.55. The van der Waals surface area contributed by atoms with E-state index in [1.165, 1.54) is 0 Å². The van der Waals surface area contributed by atoms with Gasteiger partial charge in [0.25, 0.3) is 5.91 Å². The van der Waals surface area contributed by atoms with Gasteiger partial charge >= 0.3 is 5.63 Å². The molecule has 144 valence electrons. The van der Waals surface area contributed by atoms with Gasteiger partial charge in [0.1, 0.15) is 17.0 Å². The second-order valence-corrected chi connectivity index (χ2v) is 8.02. The van der Waals surface area contributed by atoms with Crippen molar-refractivity contribution >= 4 is 46.1 Å². The van der Waals surface area contributed by atoms with Crippen LogP contribution in [0.1, 0.15) is 21.6 Å². The number of thioether (sulfide) groups is 1. The predicted molar refractivity (Wildman–Crippen MR) is 114 cm³/mol. The average Bonchev–Trinajstić information content (AvgIpc) is 3.30. The van der Waals surface area contributed by atoms with Crippen LogP contribution in [0.25, 0.3) is 16.7 Å². The van der Waals surface area contributed by atoms with Gasteiger partial charge in [-0.1, -0.05) is 35.9 Å². The molecule has 1 amide bonds. The summed E-state index contributed by atoms with van der Waals surface area (Å²) in [6.45, 7) is 0. The van der Waals surface area contributed by atoms with E-state index in [0.29, 0.717) is 21.8 Å². The van der Waals surface area contributed by atoms with Crippen molar-refractivity contribution in [1.29, 1.82) is 0 Å². The molecule has 0 fully saturated rings. The van der Waals surface area contributed by atoms with Gasteiger partial charge in [-0.2, -0.15) is 16.9 Å². The molecule has 0 saturated carbocycles. The van der Waals surface area contributed by atoms with Crippen LogP contribution in [0.15, 0.2) is 63.8 Å². The van der Waals surface area contributed by atoms with Crippen LogP contribution in [-0.4, -0.2) is 15.7 Å². The maximum absolute atomic E-state index is 13.0. The first-order valence-electron chi connectivity index (χ1n) is 8.89. The van der Waals surface area contributed by atoms with E-state index in [2.05, 4.69) is 10.4 Å². The number of fused-ring (bicyclic) bond motifs is 2. The summed E-state index contributed by atoms with van der Waals surface area (Å²) in [7, 11) is 0. The Kier molecular flexibility index (Phi) is 4.41. The van der Waals surface area contributed by atoms with Crippen molar-refractivity contribution < 1.29 is 9.21 Å². The molecular formula is C21H14ClN3O3S. The molecule has 0 saturated heterocycles. The van der Waals surface area contributed by atoms with Crippen LogP contribution in [0.3, 0.4) is 0 Å². The van der Waals surface area contributed by atoms with Gasteiger partial charge in [-0.25, -0.2) is 9.48 Å². The van der Waals surface area contributed by atoms with Gasteiger partial charge in [0.2, 0.25) is 0 Å². The molecule has 8 heteroatoms. The Hall–Kier alpha value is -3.03. The van der Waals surface area contributed by atoms with E-state index in [0.717, 1.165) is 28.5 Å². The SMILES string of the molecule is O=C(Nc1c2c(nn1-c1cccc(Cl)c1)CSC2)c1cc2ccccc2oc1=O. The van der Waals surface area contributed by atoms with Gasteiger partial charge in [0, 0.05) is 27.5 Å². The molecule has 0 atom stereocenters. The number of carbonyl (C=O) groups is 1. The van der Waals surface area contributed by atoms with Gasteiger partial charge < -0.3 is 9.73 Å². The Morgan fingerprint density at radius 3 is 2.86 bits per heavy atom. The van der Waals surface area contributed by atoms with Crippen LogP contribution in [0.5, 0.6) is 0 Å². The first-order valence-corrected chi connectivity index (χ1v) is 10.4. The van der Waals surface area contributed by atoms with Crippen LogP contribution in [-0.2, 0) is 11.5 Å². The largest absolute Gasteiger partial charge is 0.422 e. The zero-order valence-electron chi connectivity index (χ0n) is 15.0. The molecule has 1 N–H and O–H groups in total. The van der Waals surface area contributed by atoms with Gasteiger partial charge in [-0.3, -0.25) is 4.79 Å². The van der Waals surface area contributed by atoms with Crippen molar-refractivity contribution in [3.63, 3.8) is 0 Å². The van der Waals surface area contributed by atoms with Crippen LogP contribution >= 0.6 is 23.4 Å². The number of benzene rings is 2. The fourth-order valence-electron chi connectivity index (χ4n) is 3.33. The zero-order chi connectivity index (χ0) is 20.0. The number of rotatable bonds is 3. The number of hydrogen-bond donors (Lipinski definition) is 1. The lowest BCUT2D eigenvalue weighted by molar-refractivity contribution is 0.102. The fraction of sp³-hybridized carbons (Fsp3) is 0.0952. The van der Waals surface area contributed by atoms with Gasteiger partial charge in [-0.15, -0.1) is 0 Å². The highest BCUT2D eigenvalue weighted by atomic mass is 35.5. The molecule has 3 heterocycles. The lowest BCUT2D eigenvalue weighted by atomic mass is 10.1. The van der Waals surface area contributed by atoms with Crippen molar-refractivity contribution in [2.45, 2.75) is 11.5 Å². The lowest BCUT2D eigenvalue weighted by Gasteiger charge is -2.11. The van der Waals surface area contributed by atoms with Crippen molar-refractivity contribution in [1.82, 2.24) is 9.78 Å². The number of halogens is 1. The molecule has 1 aliphatic heterocycles. The highest BCUT2D eigenvalue weighted by Gasteiger charge is 2.26.